The van der Waals surface area contributed by atoms with E-state index in [2.05, 4.69) is 0 Å². The lowest BCUT2D eigenvalue weighted by atomic mass is 10.0. The van der Waals surface area contributed by atoms with Gasteiger partial charge in [0.15, 0.2) is 6.61 Å². The highest BCUT2D eigenvalue weighted by atomic mass is 16.6. The average molecular weight is 479 g/mol. The van der Waals surface area contributed by atoms with Crippen LogP contribution < -0.4 is 24.8 Å². The van der Waals surface area contributed by atoms with Crippen LogP contribution in [0.2, 0.25) is 0 Å². The minimum atomic E-state index is -0.547. The van der Waals surface area contributed by atoms with Gasteiger partial charge in [0.25, 0.3) is 11.6 Å². The van der Waals surface area contributed by atoms with Crippen molar-refractivity contribution in [1.82, 2.24) is 0 Å². The topological polar surface area (TPSA) is 134 Å². The molecule has 0 spiro atoms. The van der Waals surface area contributed by atoms with Crippen LogP contribution in [0.3, 0.4) is 0 Å². The van der Waals surface area contributed by atoms with E-state index in [1.54, 1.807) is 48.5 Å². The smallest absolute Gasteiger partial charge is 0.270 e. The number of hydrogen-bond acceptors (Lipinski definition) is 7. The number of nitro benzene ring substituents is 1. The number of nitrogens with zero attached hydrogens (tertiary/aromatic N) is 2. The molecule has 2 amide bonds. The third-order valence-electron chi connectivity index (χ3n) is 5.19. The third kappa shape index (κ3) is 6.47. The summed E-state index contributed by atoms with van der Waals surface area (Å²) in [4.78, 5) is 36.6. The predicted molar refractivity (Wildman–Crippen MR) is 130 cm³/mol. The SMILES string of the molecule is COc1ccc(-c2cc([N+](=O)[O-])ccc2OCC(=O)N(CCC(N)=O)c2ccc(OC)cc2)cc1. The Morgan fingerprint density at radius 1 is 0.943 bits per heavy atom. The van der Waals surface area contributed by atoms with Gasteiger partial charge in [-0.25, -0.2) is 0 Å². The van der Waals surface area contributed by atoms with Crippen LogP contribution >= 0.6 is 0 Å². The van der Waals surface area contributed by atoms with Crippen molar-refractivity contribution in [3.8, 4) is 28.4 Å². The van der Waals surface area contributed by atoms with Gasteiger partial charge in [-0.15, -0.1) is 0 Å². The summed E-state index contributed by atoms with van der Waals surface area (Å²) < 4.78 is 16.1. The molecule has 3 rings (SSSR count). The molecule has 0 fully saturated rings. The fourth-order valence-corrected chi connectivity index (χ4v) is 3.35. The Kier molecular flexibility index (Phi) is 8.23. The summed E-state index contributed by atoms with van der Waals surface area (Å²) in [6.07, 6.45) is -0.0353. The quantitative estimate of drug-likeness (QED) is 0.328. The first-order valence-corrected chi connectivity index (χ1v) is 10.6. The number of rotatable bonds is 11. The molecular weight excluding hydrogens is 454 g/mol. The monoisotopic (exact) mass is 479 g/mol. The highest BCUT2D eigenvalue weighted by Crippen LogP contribution is 2.34. The Labute approximate surface area is 202 Å². The molecule has 0 heterocycles. The second-order valence-corrected chi connectivity index (χ2v) is 7.41. The van der Waals surface area contributed by atoms with E-state index in [1.807, 2.05) is 0 Å². The van der Waals surface area contributed by atoms with Gasteiger partial charge in [-0.2, -0.15) is 0 Å². The molecule has 0 aliphatic carbocycles. The van der Waals surface area contributed by atoms with Crippen LogP contribution in [0, 0.1) is 10.1 Å². The Hall–Kier alpha value is -4.60. The Bertz CT molecular complexity index is 1190. The van der Waals surface area contributed by atoms with Gasteiger partial charge in [0.2, 0.25) is 5.91 Å². The fraction of sp³-hybridized carbons (Fsp3) is 0.200. The lowest BCUT2D eigenvalue weighted by Gasteiger charge is -2.23. The maximum Gasteiger partial charge on any atom is 0.270 e. The molecule has 0 unspecified atom stereocenters. The zero-order chi connectivity index (χ0) is 25.4. The van der Waals surface area contributed by atoms with Crippen LogP contribution in [0.25, 0.3) is 11.1 Å². The normalized spacial score (nSPS) is 10.3. The molecule has 0 aliphatic heterocycles. The molecule has 3 aromatic carbocycles. The van der Waals surface area contributed by atoms with Gasteiger partial charge in [0.1, 0.15) is 17.2 Å². The largest absolute Gasteiger partial charge is 0.497 e. The first-order valence-electron chi connectivity index (χ1n) is 10.6. The van der Waals surface area contributed by atoms with E-state index in [0.717, 1.165) is 0 Å². The first-order chi connectivity index (χ1) is 16.8. The van der Waals surface area contributed by atoms with Gasteiger partial charge in [-0.3, -0.25) is 19.7 Å². The van der Waals surface area contributed by atoms with Gasteiger partial charge in [-0.1, -0.05) is 12.1 Å². The molecule has 0 saturated heterocycles. The molecule has 35 heavy (non-hydrogen) atoms. The molecule has 0 saturated carbocycles. The van der Waals surface area contributed by atoms with E-state index in [0.29, 0.717) is 34.1 Å². The fourth-order valence-electron chi connectivity index (χ4n) is 3.35. The van der Waals surface area contributed by atoms with Crippen molar-refractivity contribution in [2.24, 2.45) is 5.73 Å². The lowest BCUT2D eigenvalue weighted by molar-refractivity contribution is -0.384. The number of carbonyl (C=O) groups excluding carboxylic acids is 2. The molecule has 182 valence electrons. The minimum Gasteiger partial charge on any atom is -0.497 e. The molecule has 10 heteroatoms. The summed E-state index contributed by atoms with van der Waals surface area (Å²) in [7, 11) is 3.07. The summed E-state index contributed by atoms with van der Waals surface area (Å²) in [5, 5.41) is 11.3. The Morgan fingerprint density at radius 2 is 1.54 bits per heavy atom. The van der Waals surface area contributed by atoms with Gasteiger partial charge in [0, 0.05) is 36.3 Å². The number of anilines is 1. The standard InChI is InChI=1S/C25H25N3O7/c1-33-20-8-3-17(4-9-20)22-15-19(28(31)32)7-12-23(22)35-16-25(30)27(14-13-24(26)29)18-5-10-21(34-2)11-6-18/h3-12,15H,13-14,16H2,1-2H3,(H2,26,29). The number of carbonyl (C=O) groups is 2. The van der Waals surface area contributed by atoms with Crippen molar-refractivity contribution in [1.29, 1.82) is 0 Å². The highest BCUT2D eigenvalue weighted by Gasteiger charge is 2.20. The molecule has 0 radical (unpaired) electrons. The number of non-ortho nitro benzene ring substituents is 1. The van der Waals surface area contributed by atoms with E-state index in [9.17, 15) is 19.7 Å². The molecule has 3 aromatic rings. The summed E-state index contributed by atoms with van der Waals surface area (Å²) >= 11 is 0. The van der Waals surface area contributed by atoms with Crippen molar-refractivity contribution < 1.29 is 28.7 Å². The first kappa shape index (κ1) is 25.0. The van der Waals surface area contributed by atoms with E-state index in [4.69, 9.17) is 19.9 Å². The minimum absolute atomic E-state index is 0.0353. The molecular formula is C25H25N3O7. The molecule has 2 N–H and O–H groups in total. The van der Waals surface area contributed by atoms with E-state index < -0.39 is 16.7 Å². The zero-order valence-corrected chi connectivity index (χ0v) is 19.3. The maximum absolute atomic E-state index is 13.1. The Morgan fingerprint density at radius 3 is 2.09 bits per heavy atom. The molecule has 10 nitrogen and oxygen atoms in total. The van der Waals surface area contributed by atoms with Crippen LogP contribution in [-0.2, 0) is 9.59 Å². The van der Waals surface area contributed by atoms with Crippen LogP contribution in [0.5, 0.6) is 17.2 Å². The summed E-state index contributed by atoms with van der Waals surface area (Å²) in [5.41, 5.74) is 6.81. The van der Waals surface area contributed by atoms with E-state index >= 15 is 0 Å². The zero-order valence-electron chi connectivity index (χ0n) is 19.3. The second kappa shape index (κ2) is 11.5. The molecule has 0 bridgehead atoms. The van der Waals surface area contributed by atoms with Gasteiger partial charge >= 0.3 is 0 Å². The summed E-state index contributed by atoms with van der Waals surface area (Å²) in [6, 6.07) is 17.8. The third-order valence-corrected chi connectivity index (χ3v) is 5.19. The van der Waals surface area contributed by atoms with E-state index in [-0.39, 0.29) is 25.3 Å². The van der Waals surface area contributed by atoms with Gasteiger partial charge < -0.3 is 24.8 Å². The average Bonchev–Trinajstić information content (AvgIpc) is 2.87. The van der Waals surface area contributed by atoms with Crippen molar-refractivity contribution in [2.75, 3.05) is 32.3 Å². The van der Waals surface area contributed by atoms with Crippen LogP contribution in [0.4, 0.5) is 11.4 Å². The molecule has 0 aromatic heterocycles. The van der Waals surface area contributed by atoms with Crippen LogP contribution in [0.15, 0.2) is 66.7 Å². The van der Waals surface area contributed by atoms with Crippen molar-refractivity contribution in [2.45, 2.75) is 6.42 Å². The predicted octanol–water partition coefficient (Wildman–Crippen LogP) is 3.57. The second-order valence-electron chi connectivity index (χ2n) is 7.41. The maximum atomic E-state index is 13.1. The lowest BCUT2D eigenvalue weighted by Crippen LogP contribution is -2.37. The number of methoxy groups -OCH3 is 2. The van der Waals surface area contributed by atoms with Gasteiger partial charge in [0.05, 0.1) is 19.1 Å². The van der Waals surface area contributed by atoms with Crippen LogP contribution in [-0.4, -0.2) is 44.1 Å². The number of nitro groups is 1. The summed E-state index contributed by atoms with van der Waals surface area (Å²) in [5.74, 6) is 0.562. The van der Waals surface area contributed by atoms with Crippen LogP contribution in [0.1, 0.15) is 6.42 Å². The molecule has 0 atom stereocenters. The van der Waals surface area contributed by atoms with Crippen molar-refractivity contribution in [3.05, 3.63) is 76.8 Å². The number of ether oxygens (including phenoxy) is 3. The molecule has 0 aliphatic rings. The number of benzene rings is 3. The van der Waals surface area contributed by atoms with E-state index in [1.165, 1.54) is 37.3 Å². The van der Waals surface area contributed by atoms with Crippen molar-refractivity contribution in [3.63, 3.8) is 0 Å². The van der Waals surface area contributed by atoms with Crippen molar-refractivity contribution >= 4 is 23.2 Å². The number of amides is 2. The highest BCUT2D eigenvalue weighted by molar-refractivity contribution is 5.95. The number of primary amides is 1. The van der Waals surface area contributed by atoms with Gasteiger partial charge in [-0.05, 0) is 48.0 Å². The number of hydrogen-bond donors (Lipinski definition) is 1. The summed E-state index contributed by atoms with van der Waals surface area (Å²) in [6.45, 7) is -0.304. The number of nitrogens with two attached hydrogens (primary N) is 1. The Balaban J connectivity index is 1.86.